The third kappa shape index (κ3) is 4.59. The summed E-state index contributed by atoms with van der Waals surface area (Å²) in [6.45, 7) is 8.02. The van der Waals surface area contributed by atoms with Gasteiger partial charge >= 0.3 is 0 Å². The molecule has 1 aliphatic rings. The van der Waals surface area contributed by atoms with Gasteiger partial charge in [0.15, 0.2) is 11.5 Å². The highest BCUT2D eigenvalue weighted by Gasteiger charge is 2.17. The van der Waals surface area contributed by atoms with Gasteiger partial charge in [0, 0.05) is 36.4 Å². The van der Waals surface area contributed by atoms with E-state index >= 15 is 0 Å². The molecule has 0 unspecified atom stereocenters. The minimum atomic E-state index is 0.184. The highest BCUT2D eigenvalue weighted by Crippen LogP contribution is 2.22. The fourth-order valence-corrected chi connectivity index (χ4v) is 4.64. The molecule has 0 aliphatic carbocycles. The van der Waals surface area contributed by atoms with Crippen LogP contribution in [0.1, 0.15) is 24.1 Å². The maximum absolute atomic E-state index is 6.19. The molecular weight excluding hydrogens is 480 g/mol. The number of hydrogen-bond donors (Lipinski definition) is 3. The number of aryl methyl sites for hydroxylation is 1. The number of aromatic nitrogens is 8. The predicted molar refractivity (Wildman–Crippen MR) is 146 cm³/mol. The Hall–Kier alpha value is -4.64. The number of hydrogen-bond acceptors (Lipinski definition) is 8. The summed E-state index contributed by atoms with van der Waals surface area (Å²) in [5.41, 5.74) is 5.39. The van der Waals surface area contributed by atoms with Gasteiger partial charge in [-0.15, -0.1) is 0 Å². The molecule has 0 bridgehead atoms. The molecule has 3 N–H and O–H groups in total. The highest BCUT2D eigenvalue weighted by atomic mass is 16.5. The fraction of sp³-hybridized carbons (Fsp3) is 0.259. The molecule has 6 heterocycles. The highest BCUT2D eigenvalue weighted by molar-refractivity contribution is 6.21. The van der Waals surface area contributed by atoms with Gasteiger partial charge in [0.25, 0.3) is 0 Å². The van der Waals surface area contributed by atoms with E-state index in [4.69, 9.17) is 9.72 Å². The van der Waals surface area contributed by atoms with Gasteiger partial charge in [-0.05, 0) is 51.1 Å². The monoisotopic (exact) mass is 508 g/mol. The number of piperidine rings is 1. The second-order valence-corrected chi connectivity index (χ2v) is 9.23. The van der Waals surface area contributed by atoms with Crippen molar-refractivity contribution in [2.45, 2.75) is 25.9 Å². The van der Waals surface area contributed by atoms with Crippen LogP contribution in [0.2, 0.25) is 0 Å². The normalized spacial score (nSPS) is 15.4. The van der Waals surface area contributed by atoms with Crippen LogP contribution < -0.4 is 20.6 Å². The minimum Gasteiger partial charge on any atom is -0.489 e. The maximum atomic E-state index is 6.19. The van der Waals surface area contributed by atoms with Gasteiger partial charge in [-0.25, -0.2) is 15.0 Å². The number of aliphatic imine (C=N–C) groups is 1. The van der Waals surface area contributed by atoms with Crippen molar-refractivity contribution in [3.05, 3.63) is 65.1 Å². The van der Waals surface area contributed by atoms with Crippen molar-refractivity contribution in [1.29, 1.82) is 0 Å². The average molecular weight is 509 g/mol. The molecule has 0 atom stereocenters. The van der Waals surface area contributed by atoms with E-state index in [1.165, 1.54) is 0 Å². The number of nitrogens with zero attached hydrogens (tertiary/aromatic N) is 7. The van der Waals surface area contributed by atoms with Crippen molar-refractivity contribution in [2.75, 3.05) is 20.1 Å². The first-order valence-corrected chi connectivity index (χ1v) is 12.5. The van der Waals surface area contributed by atoms with Crippen LogP contribution in [0, 0.1) is 6.92 Å². The minimum absolute atomic E-state index is 0.184. The van der Waals surface area contributed by atoms with E-state index in [9.17, 15) is 0 Å². The van der Waals surface area contributed by atoms with Gasteiger partial charge in [-0.1, -0.05) is 6.58 Å². The number of aromatic amines is 2. The summed E-state index contributed by atoms with van der Waals surface area (Å²) in [6.07, 6.45) is 13.1. The summed E-state index contributed by atoms with van der Waals surface area (Å²) < 4.78 is 8.14. The summed E-state index contributed by atoms with van der Waals surface area (Å²) >= 11 is 0. The SMILES string of the molecule is C=c1[nH]nc(-c2nc3nccc(-n4cnc(C)c4)c3[nH]2)/c1=C/C(=NC)c1cncc(OC2CCNCC2)c1. The smallest absolute Gasteiger partial charge is 0.180 e. The van der Waals surface area contributed by atoms with Crippen LogP contribution >= 0.6 is 0 Å². The molecule has 192 valence electrons. The number of H-pyrrole nitrogens is 2. The number of imidazole rings is 2. The number of fused-ring (bicyclic) bond motifs is 1. The summed E-state index contributed by atoms with van der Waals surface area (Å²) in [5.74, 6) is 1.31. The quantitative estimate of drug-likeness (QED) is 0.297. The van der Waals surface area contributed by atoms with Crippen LogP contribution in [0.25, 0.3) is 41.0 Å². The molecule has 1 saturated heterocycles. The molecule has 38 heavy (non-hydrogen) atoms. The van der Waals surface area contributed by atoms with Gasteiger partial charge in [-0.2, -0.15) is 5.10 Å². The lowest BCUT2D eigenvalue weighted by Crippen LogP contribution is -2.34. The Labute approximate surface area is 218 Å². The first kappa shape index (κ1) is 23.7. The van der Waals surface area contributed by atoms with Crippen LogP contribution in [0.5, 0.6) is 5.75 Å². The van der Waals surface area contributed by atoms with E-state index in [2.05, 4.69) is 47.0 Å². The molecule has 5 aromatic rings. The van der Waals surface area contributed by atoms with Crippen LogP contribution in [0.4, 0.5) is 0 Å². The second kappa shape index (κ2) is 10.0. The Morgan fingerprint density at radius 3 is 2.89 bits per heavy atom. The van der Waals surface area contributed by atoms with Crippen LogP contribution in [0.15, 0.2) is 48.2 Å². The van der Waals surface area contributed by atoms with Gasteiger partial charge in [0.05, 0.1) is 35.0 Å². The standard InChI is InChI=1S/C27H28N10O/c1-16-14-37(15-32-16)23-6-9-31-26-25(23)33-27(34-26)24-21(17(2)35-36-24)11-22(28-3)18-10-20(13-30-12-18)38-19-4-7-29-8-5-19/h6,9-15,19,29,35H,2,4-5,7-8H2,1,3H3,(H,31,33,34)/b21-11+,28-22?. The zero-order chi connectivity index (χ0) is 26.1. The molecule has 1 fully saturated rings. The molecule has 1 aliphatic heterocycles. The average Bonchev–Trinajstić information content (AvgIpc) is 3.66. The number of rotatable bonds is 6. The Morgan fingerprint density at radius 2 is 2.11 bits per heavy atom. The van der Waals surface area contributed by atoms with E-state index in [0.29, 0.717) is 22.5 Å². The number of ether oxygens (including phenoxy) is 1. The third-order valence-corrected chi connectivity index (χ3v) is 6.59. The van der Waals surface area contributed by atoms with E-state index < -0.39 is 0 Å². The second-order valence-electron chi connectivity index (χ2n) is 9.23. The fourth-order valence-electron chi connectivity index (χ4n) is 4.64. The third-order valence-electron chi connectivity index (χ3n) is 6.59. The largest absolute Gasteiger partial charge is 0.489 e. The lowest BCUT2D eigenvalue weighted by atomic mass is 10.1. The molecule has 0 amide bonds. The number of pyridine rings is 2. The molecule has 0 saturated carbocycles. The summed E-state index contributed by atoms with van der Waals surface area (Å²) in [4.78, 5) is 25.8. The lowest BCUT2D eigenvalue weighted by molar-refractivity contribution is 0.162. The van der Waals surface area contributed by atoms with Crippen LogP contribution in [-0.2, 0) is 0 Å². The van der Waals surface area contributed by atoms with E-state index in [0.717, 1.165) is 65.1 Å². The molecule has 5 aromatic heterocycles. The Kier molecular flexibility index (Phi) is 6.26. The van der Waals surface area contributed by atoms with Crippen molar-refractivity contribution in [2.24, 2.45) is 4.99 Å². The summed E-state index contributed by atoms with van der Waals surface area (Å²) in [7, 11) is 1.75. The number of nitrogens with one attached hydrogen (secondary N) is 3. The topological polar surface area (TPSA) is 135 Å². The Morgan fingerprint density at radius 1 is 1.24 bits per heavy atom. The van der Waals surface area contributed by atoms with E-state index in [-0.39, 0.29) is 6.10 Å². The van der Waals surface area contributed by atoms with Gasteiger partial charge in [0.2, 0.25) is 0 Å². The van der Waals surface area contributed by atoms with Crippen molar-refractivity contribution in [1.82, 2.24) is 45.0 Å². The van der Waals surface area contributed by atoms with Crippen LogP contribution in [0.3, 0.4) is 0 Å². The van der Waals surface area contributed by atoms with Gasteiger partial charge in [-0.3, -0.25) is 15.1 Å². The first-order valence-electron chi connectivity index (χ1n) is 12.5. The molecular formula is C27H28N10O. The van der Waals surface area contributed by atoms with Gasteiger partial charge in [0.1, 0.15) is 23.1 Å². The summed E-state index contributed by atoms with van der Waals surface area (Å²) in [6, 6.07) is 3.89. The van der Waals surface area contributed by atoms with Crippen molar-refractivity contribution in [3.8, 4) is 23.0 Å². The molecule has 0 radical (unpaired) electrons. The Balaban J connectivity index is 1.37. The summed E-state index contributed by atoms with van der Waals surface area (Å²) in [5, 5.41) is 12.3. The first-order chi connectivity index (χ1) is 18.6. The Bertz CT molecular complexity index is 1740. The van der Waals surface area contributed by atoms with Crippen molar-refractivity contribution >= 4 is 29.5 Å². The van der Waals surface area contributed by atoms with E-state index in [1.807, 2.05) is 35.9 Å². The molecule has 11 nitrogen and oxygen atoms in total. The lowest BCUT2D eigenvalue weighted by Gasteiger charge is -2.23. The molecule has 11 heteroatoms. The predicted octanol–water partition coefficient (Wildman–Crippen LogP) is 1.68. The molecule has 6 rings (SSSR count). The maximum Gasteiger partial charge on any atom is 0.180 e. The molecule has 0 spiro atoms. The zero-order valence-corrected chi connectivity index (χ0v) is 21.3. The van der Waals surface area contributed by atoms with E-state index in [1.54, 1.807) is 32.0 Å². The molecule has 0 aromatic carbocycles. The van der Waals surface area contributed by atoms with Crippen molar-refractivity contribution in [3.63, 3.8) is 0 Å². The van der Waals surface area contributed by atoms with Crippen molar-refractivity contribution < 1.29 is 4.74 Å². The van der Waals surface area contributed by atoms with Gasteiger partial charge < -0.3 is 19.6 Å². The zero-order valence-electron chi connectivity index (χ0n) is 21.3. The van der Waals surface area contributed by atoms with Crippen LogP contribution in [-0.4, -0.2) is 71.6 Å².